The maximum atomic E-state index is 12.9. The van der Waals surface area contributed by atoms with Gasteiger partial charge in [0.05, 0.1) is 40.3 Å². The summed E-state index contributed by atoms with van der Waals surface area (Å²) < 4.78 is 22.7. The van der Waals surface area contributed by atoms with E-state index >= 15 is 0 Å². The highest BCUT2D eigenvalue weighted by molar-refractivity contribution is 5.70. The van der Waals surface area contributed by atoms with Crippen LogP contribution in [0.15, 0.2) is 146 Å². The molecular formula is C68H109NO8. The number of aliphatic carboxylic acids is 1. The highest BCUT2D eigenvalue weighted by atomic mass is 16.7. The smallest absolute Gasteiger partial charge is 0.306 e. The molecule has 0 saturated heterocycles. The number of hydrogen-bond donors (Lipinski definition) is 0. The number of quaternary nitrogens is 1. The van der Waals surface area contributed by atoms with Crippen molar-refractivity contribution < 1.29 is 42.9 Å². The number of esters is 2. The first-order valence-electron chi connectivity index (χ1n) is 30.0. The van der Waals surface area contributed by atoms with Gasteiger partial charge in [-0.15, -0.1) is 0 Å². The Morgan fingerprint density at radius 1 is 0.390 bits per heavy atom. The van der Waals surface area contributed by atoms with Crippen molar-refractivity contribution in [3.05, 3.63) is 146 Å². The fourth-order valence-corrected chi connectivity index (χ4v) is 7.54. The van der Waals surface area contributed by atoms with E-state index in [0.717, 1.165) is 109 Å². The summed E-state index contributed by atoms with van der Waals surface area (Å²) in [5, 5.41) is 11.8. The zero-order valence-corrected chi connectivity index (χ0v) is 49.3. The van der Waals surface area contributed by atoms with Crippen LogP contribution < -0.4 is 5.11 Å². The number of nitrogens with zero attached hydrogens (tertiary/aromatic N) is 1. The van der Waals surface area contributed by atoms with E-state index in [4.69, 9.17) is 18.9 Å². The average molecular weight is 1070 g/mol. The summed E-state index contributed by atoms with van der Waals surface area (Å²) in [5.74, 6) is -2.36. The Morgan fingerprint density at radius 2 is 0.701 bits per heavy atom. The van der Waals surface area contributed by atoms with Crippen molar-refractivity contribution in [1.29, 1.82) is 0 Å². The number of carbonyl (C=O) groups excluding carboxylic acids is 3. The van der Waals surface area contributed by atoms with Crippen molar-refractivity contribution >= 4 is 17.9 Å². The number of hydrogen-bond acceptors (Lipinski definition) is 8. The first kappa shape index (κ1) is 72.2. The number of rotatable bonds is 53. The molecule has 0 heterocycles. The molecule has 0 fully saturated rings. The van der Waals surface area contributed by atoms with Crippen molar-refractivity contribution in [3.8, 4) is 0 Å². The van der Waals surface area contributed by atoms with Gasteiger partial charge in [0.1, 0.15) is 13.2 Å². The Labute approximate surface area is 471 Å². The first-order chi connectivity index (χ1) is 37.6. The van der Waals surface area contributed by atoms with E-state index in [0.29, 0.717) is 23.9 Å². The summed E-state index contributed by atoms with van der Waals surface area (Å²) in [7, 11) is 5.90. The number of carboxylic acids is 1. The molecule has 0 aromatic heterocycles. The van der Waals surface area contributed by atoms with Gasteiger partial charge in [-0.1, -0.05) is 224 Å². The topological polar surface area (TPSA) is 111 Å². The van der Waals surface area contributed by atoms with E-state index in [-0.39, 0.29) is 32.7 Å². The van der Waals surface area contributed by atoms with Crippen LogP contribution in [0.5, 0.6) is 0 Å². The van der Waals surface area contributed by atoms with Crippen LogP contribution >= 0.6 is 0 Å². The van der Waals surface area contributed by atoms with Gasteiger partial charge in [0, 0.05) is 12.8 Å². The second kappa shape index (κ2) is 57.3. The van der Waals surface area contributed by atoms with Crippen LogP contribution in [0.1, 0.15) is 206 Å². The molecule has 0 N–H and O–H groups in total. The summed E-state index contributed by atoms with van der Waals surface area (Å²) in [6.07, 6.45) is 80.4. The number of allylic oxidation sites excluding steroid dienone is 24. The van der Waals surface area contributed by atoms with E-state index in [2.05, 4.69) is 160 Å². The molecule has 0 bridgehead atoms. The van der Waals surface area contributed by atoms with Crippen molar-refractivity contribution in [3.63, 3.8) is 0 Å². The lowest BCUT2D eigenvalue weighted by Gasteiger charge is -2.26. The van der Waals surface area contributed by atoms with Gasteiger partial charge in [-0.2, -0.15) is 0 Å². The van der Waals surface area contributed by atoms with Gasteiger partial charge in [0.25, 0.3) is 0 Å². The molecule has 0 radical (unpaired) electrons. The number of carboxylic acid groups (broad SMARTS) is 1. The van der Waals surface area contributed by atoms with Crippen molar-refractivity contribution in [2.75, 3.05) is 47.5 Å². The van der Waals surface area contributed by atoms with Crippen molar-refractivity contribution in [2.24, 2.45) is 0 Å². The second-order valence-electron chi connectivity index (χ2n) is 20.5. The molecule has 0 aromatic rings. The quantitative estimate of drug-likeness (QED) is 0.0195. The van der Waals surface area contributed by atoms with Gasteiger partial charge in [-0.3, -0.25) is 9.59 Å². The molecule has 77 heavy (non-hydrogen) atoms. The van der Waals surface area contributed by atoms with E-state index in [9.17, 15) is 19.5 Å². The highest BCUT2D eigenvalue weighted by Crippen LogP contribution is 2.15. The molecule has 2 atom stereocenters. The molecule has 0 aliphatic carbocycles. The molecule has 0 saturated carbocycles. The third-order valence-corrected chi connectivity index (χ3v) is 12.1. The predicted molar refractivity (Wildman–Crippen MR) is 324 cm³/mol. The molecule has 0 amide bonds. The van der Waals surface area contributed by atoms with Gasteiger partial charge >= 0.3 is 11.9 Å². The maximum absolute atomic E-state index is 12.9. The highest BCUT2D eigenvalue weighted by Gasteiger charge is 2.22. The Kier molecular flexibility index (Phi) is 53.8. The molecule has 0 aromatic carbocycles. The third-order valence-electron chi connectivity index (χ3n) is 12.1. The molecule has 0 spiro atoms. The van der Waals surface area contributed by atoms with Gasteiger partial charge in [-0.25, -0.2) is 0 Å². The van der Waals surface area contributed by atoms with Crippen LogP contribution in [0.2, 0.25) is 0 Å². The lowest BCUT2D eigenvalue weighted by Crippen LogP contribution is -2.44. The minimum atomic E-state index is -1.64. The van der Waals surface area contributed by atoms with E-state index in [1.54, 1.807) is 0 Å². The predicted octanol–water partition coefficient (Wildman–Crippen LogP) is 16.7. The van der Waals surface area contributed by atoms with Gasteiger partial charge in [0.15, 0.2) is 12.4 Å². The number of unbranched alkanes of at least 4 members (excludes halogenated alkanes) is 14. The van der Waals surface area contributed by atoms with Gasteiger partial charge in [0.2, 0.25) is 0 Å². The SMILES string of the molecule is CC/C=C\C/C=C\C/C=C\C/C=C\C/C=C\C/C=C\CCCCCCCCCCCCCCC(=O)OC(COC(=O)CCCC/C=C\C/C=C\C/C=C\C/C=C\C/C=C\C/C=C\CC)COC(OCC[N+](C)(C)C)C(=O)[O-]. The minimum Gasteiger partial charge on any atom is -0.545 e. The van der Waals surface area contributed by atoms with Gasteiger partial charge < -0.3 is 33.3 Å². The summed E-state index contributed by atoms with van der Waals surface area (Å²) in [5.41, 5.74) is 0. The molecular weight excluding hydrogens is 959 g/mol. The zero-order valence-electron chi connectivity index (χ0n) is 49.3. The standard InChI is InChI=1S/C68H109NO8/c1-6-8-10-12-14-16-18-20-22-24-26-28-29-30-31-32-33-34-35-36-37-39-41-43-45-47-49-51-53-55-57-59-66(71)77-64(63-76-68(67(72)73)74-61-60-69(3,4)5)62-75-65(70)58-56-54-52-50-48-46-44-42-40-38-27-25-23-21-19-17-15-13-11-9-7-2/h8-11,14-17,20-23,26-28,30-31,33-34,38,42,44,48,50,64,68H,6-7,12-13,18-19,24-25,29,32,35-37,39-41,43,45-47,49,51-63H2,1-5H3/b10-8-,11-9-,16-14-,17-15-,22-20-,23-21-,28-26-,31-30-,34-33-,38-27-,44-42-,50-48-. The lowest BCUT2D eigenvalue weighted by molar-refractivity contribution is -0.870. The Morgan fingerprint density at radius 3 is 1.06 bits per heavy atom. The lowest BCUT2D eigenvalue weighted by atomic mass is 10.0. The zero-order chi connectivity index (χ0) is 56.2. The molecule has 0 rings (SSSR count). The molecule has 2 unspecified atom stereocenters. The summed E-state index contributed by atoms with van der Waals surface area (Å²) in [6, 6.07) is 0. The van der Waals surface area contributed by atoms with Crippen LogP contribution in [-0.4, -0.2) is 82.3 Å². The van der Waals surface area contributed by atoms with Crippen molar-refractivity contribution in [1.82, 2.24) is 0 Å². The Bertz CT molecular complexity index is 1770. The number of carbonyl (C=O) groups is 3. The monoisotopic (exact) mass is 1070 g/mol. The fraction of sp³-hybridized carbons (Fsp3) is 0.603. The van der Waals surface area contributed by atoms with E-state index < -0.39 is 30.3 Å². The first-order valence-corrected chi connectivity index (χ1v) is 30.0. The van der Waals surface area contributed by atoms with E-state index in [1.165, 1.54) is 57.8 Å². The number of likely N-dealkylation sites (N-methyl/N-ethyl adjacent to an activating group) is 1. The normalized spacial score (nSPS) is 13.8. The largest absolute Gasteiger partial charge is 0.545 e. The molecule has 9 heteroatoms. The van der Waals surface area contributed by atoms with Crippen LogP contribution in [0, 0.1) is 0 Å². The molecule has 0 aliphatic heterocycles. The Hall–Kier alpha value is -4.83. The molecule has 9 nitrogen and oxygen atoms in total. The van der Waals surface area contributed by atoms with Crippen molar-refractivity contribution in [2.45, 2.75) is 219 Å². The van der Waals surface area contributed by atoms with Crippen LogP contribution in [0.3, 0.4) is 0 Å². The molecule has 0 aliphatic rings. The van der Waals surface area contributed by atoms with Crippen LogP contribution in [0.4, 0.5) is 0 Å². The van der Waals surface area contributed by atoms with E-state index in [1.807, 2.05) is 21.1 Å². The van der Waals surface area contributed by atoms with Gasteiger partial charge in [-0.05, 0) is 116 Å². The second-order valence-corrected chi connectivity index (χ2v) is 20.5. The summed E-state index contributed by atoms with van der Waals surface area (Å²) in [6.45, 7) is 4.45. The Balaban J connectivity index is 4.30. The number of ether oxygens (including phenoxy) is 4. The maximum Gasteiger partial charge on any atom is 0.306 e. The van der Waals surface area contributed by atoms with Crippen LogP contribution in [0.25, 0.3) is 0 Å². The third kappa shape index (κ3) is 58.7. The summed E-state index contributed by atoms with van der Waals surface area (Å²) >= 11 is 0. The molecule has 434 valence electrons. The average Bonchev–Trinajstić information content (AvgIpc) is 3.40. The van der Waals surface area contributed by atoms with Crippen LogP contribution in [-0.2, 0) is 33.3 Å². The summed E-state index contributed by atoms with van der Waals surface area (Å²) in [4.78, 5) is 37.3. The minimum absolute atomic E-state index is 0.132. The fourth-order valence-electron chi connectivity index (χ4n) is 7.54.